The van der Waals surface area contributed by atoms with E-state index >= 15 is 0 Å². The predicted molar refractivity (Wildman–Crippen MR) is 92.1 cm³/mol. The number of carbonyl (C=O) groups excluding carboxylic acids is 1. The number of nitrogens with one attached hydrogen (secondary N) is 1. The number of piperidine rings is 1. The smallest absolute Gasteiger partial charge is 0.365 e. The van der Waals surface area contributed by atoms with Gasteiger partial charge < -0.3 is 14.9 Å². The molecule has 2 fully saturated rings. The normalized spacial score (nSPS) is 23.4. The lowest BCUT2D eigenvalue weighted by molar-refractivity contribution is -0.000282. The Labute approximate surface area is 142 Å². The van der Waals surface area contributed by atoms with Gasteiger partial charge in [-0.1, -0.05) is 23.4 Å². The lowest BCUT2D eigenvalue weighted by Gasteiger charge is -2.34. The largest absolute Gasteiger partial charge is 0.370 e. The van der Waals surface area contributed by atoms with Crippen molar-refractivity contribution < 1.29 is 14.4 Å². The van der Waals surface area contributed by atoms with Crippen molar-refractivity contribution in [2.75, 3.05) is 39.3 Å². The molecular formula is C18H25N3O3. The highest BCUT2D eigenvalue weighted by Crippen LogP contribution is 2.15. The Morgan fingerprint density at radius 2 is 2.12 bits per heavy atom. The third-order valence-corrected chi connectivity index (χ3v) is 4.52. The monoisotopic (exact) mass is 331 g/mol. The van der Waals surface area contributed by atoms with Crippen LogP contribution in [-0.2, 0) is 9.57 Å². The molecule has 0 spiro atoms. The third-order valence-electron chi connectivity index (χ3n) is 4.52. The maximum absolute atomic E-state index is 11.8. The van der Waals surface area contributed by atoms with Crippen LogP contribution >= 0.6 is 0 Å². The van der Waals surface area contributed by atoms with Crippen LogP contribution in [0.4, 0.5) is 0 Å². The van der Waals surface area contributed by atoms with Gasteiger partial charge in [0.05, 0.1) is 18.4 Å². The highest BCUT2D eigenvalue weighted by atomic mass is 16.7. The second-order valence-electron chi connectivity index (χ2n) is 6.36. The molecule has 1 aromatic carbocycles. The molecule has 1 N–H and O–H groups in total. The maximum Gasteiger partial charge on any atom is 0.365 e. The van der Waals surface area contributed by atoms with Crippen LogP contribution in [0.1, 0.15) is 23.2 Å². The Bertz CT molecular complexity index is 544. The Kier molecular flexibility index (Phi) is 6.34. The molecule has 1 atom stereocenters. The molecule has 0 aliphatic carbocycles. The van der Waals surface area contributed by atoms with E-state index < -0.39 is 5.97 Å². The van der Waals surface area contributed by atoms with Crippen molar-refractivity contribution in [1.29, 1.82) is 0 Å². The van der Waals surface area contributed by atoms with Crippen molar-refractivity contribution >= 4 is 12.2 Å². The fraction of sp³-hybridized carbons (Fsp3) is 0.556. The quantitative estimate of drug-likeness (QED) is 0.504. The first-order chi connectivity index (χ1) is 11.8. The average Bonchev–Trinajstić information content (AvgIpc) is 2.63. The molecule has 2 aliphatic heterocycles. The van der Waals surface area contributed by atoms with Crippen molar-refractivity contribution in [3.8, 4) is 0 Å². The van der Waals surface area contributed by atoms with Crippen LogP contribution < -0.4 is 5.32 Å². The minimum Gasteiger partial charge on any atom is -0.370 e. The second-order valence-corrected chi connectivity index (χ2v) is 6.36. The van der Waals surface area contributed by atoms with Gasteiger partial charge in [0, 0.05) is 19.6 Å². The number of benzene rings is 1. The molecule has 6 heteroatoms. The van der Waals surface area contributed by atoms with Crippen LogP contribution in [0.5, 0.6) is 0 Å². The first-order valence-corrected chi connectivity index (χ1v) is 8.66. The molecule has 24 heavy (non-hydrogen) atoms. The van der Waals surface area contributed by atoms with Gasteiger partial charge in [-0.2, -0.15) is 0 Å². The number of carbonyl (C=O) groups is 1. The molecule has 1 unspecified atom stereocenters. The molecule has 0 radical (unpaired) electrons. The van der Waals surface area contributed by atoms with Crippen molar-refractivity contribution in [2.24, 2.45) is 11.1 Å². The van der Waals surface area contributed by atoms with E-state index in [1.807, 2.05) is 6.07 Å². The molecule has 0 bridgehead atoms. The SMILES string of the molecule is O=C(O/N=C\C1CN(CC2CCNCC2)CCO1)c1ccccc1. The average molecular weight is 331 g/mol. The number of morpholine rings is 1. The van der Waals surface area contributed by atoms with Gasteiger partial charge in [-0.25, -0.2) is 4.79 Å². The van der Waals surface area contributed by atoms with E-state index in [0.29, 0.717) is 12.2 Å². The van der Waals surface area contributed by atoms with Gasteiger partial charge in [-0.05, 0) is 44.0 Å². The minimum atomic E-state index is -0.450. The summed E-state index contributed by atoms with van der Waals surface area (Å²) in [6.07, 6.45) is 3.95. The van der Waals surface area contributed by atoms with Crippen LogP contribution in [0.25, 0.3) is 0 Å². The van der Waals surface area contributed by atoms with E-state index in [1.165, 1.54) is 12.8 Å². The summed E-state index contributed by atoms with van der Waals surface area (Å²) in [6.45, 7) is 5.80. The minimum absolute atomic E-state index is 0.121. The maximum atomic E-state index is 11.8. The molecule has 0 amide bonds. The molecule has 6 nitrogen and oxygen atoms in total. The Hall–Kier alpha value is -1.76. The first-order valence-electron chi connectivity index (χ1n) is 8.66. The molecule has 130 valence electrons. The van der Waals surface area contributed by atoms with Gasteiger partial charge in [-0.3, -0.25) is 4.90 Å². The topological polar surface area (TPSA) is 63.2 Å². The van der Waals surface area contributed by atoms with Crippen LogP contribution in [0.15, 0.2) is 35.5 Å². The summed E-state index contributed by atoms with van der Waals surface area (Å²) in [5.74, 6) is 0.312. The molecule has 2 aliphatic rings. The highest BCUT2D eigenvalue weighted by molar-refractivity contribution is 5.89. The number of oxime groups is 1. The van der Waals surface area contributed by atoms with E-state index in [1.54, 1.807) is 30.5 Å². The van der Waals surface area contributed by atoms with Crippen molar-refractivity contribution in [1.82, 2.24) is 10.2 Å². The van der Waals surface area contributed by atoms with Gasteiger partial charge >= 0.3 is 5.97 Å². The lowest BCUT2D eigenvalue weighted by atomic mass is 9.97. The highest BCUT2D eigenvalue weighted by Gasteiger charge is 2.23. The predicted octanol–water partition coefficient (Wildman–Crippen LogP) is 1.53. The summed E-state index contributed by atoms with van der Waals surface area (Å²) in [6, 6.07) is 8.85. The van der Waals surface area contributed by atoms with E-state index in [0.717, 1.165) is 38.6 Å². The molecule has 2 saturated heterocycles. The molecule has 0 saturated carbocycles. The summed E-state index contributed by atoms with van der Waals surface area (Å²) < 4.78 is 5.69. The third kappa shape index (κ3) is 5.12. The van der Waals surface area contributed by atoms with Gasteiger partial charge in [0.25, 0.3) is 0 Å². The van der Waals surface area contributed by atoms with Gasteiger partial charge in [0.15, 0.2) is 0 Å². The van der Waals surface area contributed by atoms with E-state index in [-0.39, 0.29) is 6.10 Å². The first kappa shape index (κ1) is 17.1. The van der Waals surface area contributed by atoms with E-state index in [9.17, 15) is 4.79 Å². The van der Waals surface area contributed by atoms with Crippen LogP contribution in [0, 0.1) is 5.92 Å². The van der Waals surface area contributed by atoms with Crippen molar-refractivity contribution in [3.05, 3.63) is 35.9 Å². The second kappa shape index (κ2) is 8.92. The molecule has 2 heterocycles. The zero-order chi connectivity index (χ0) is 16.6. The number of hydrogen-bond donors (Lipinski definition) is 1. The standard InChI is InChI=1S/C18H25N3O3/c22-18(16-4-2-1-3-5-16)24-20-12-17-14-21(10-11-23-17)13-15-6-8-19-9-7-15/h1-5,12,15,17,19H,6-11,13-14H2/b20-12-. The molecule has 1 aromatic rings. The van der Waals surface area contributed by atoms with Gasteiger partial charge in [0.1, 0.15) is 6.10 Å². The summed E-state index contributed by atoms with van der Waals surface area (Å²) in [5.41, 5.74) is 0.492. The van der Waals surface area contributed by atoms with Crippen LogP contribution in [0.2, 0.25) is 0 Å². The van der Waals surface area contributed by atoms with E-state index in [2.05, 4.69) is 15.4 Å². The van der Waals surface area contributed by atoms with Crippen molar-refractivity contribution in [3.63, 3.8) is 0 Å². The molecule has 0 aromatic heterocycles. The van der Waals surface area contributed by atoms with Crippen LogP contribution in [0.3, 0.4) is 0 Å². The summed E-state index contributed by atoms with van der Waals surface area (Å²) in [5, 5.41) is 7.22. The molecule has 3 rings (SSSR count). The fourth-order valence-corrected chi connectivity index (χ4v) is 3.19. The number of nitrogens with zero attached hydrogens (tertiary/aromatic N) is 2. The number of ether oxygens (including phenoxy) is 1. The summed E-state index contributed by atoms with van der Waals surface area (Å²) >= 11 is 0. The number of hydrogen-bond acceptors (Lipinski definition) is 6. The Balaban J connectivity index is 1.43. The lowest BCUT2D eigenvalue weighted by Crippen LogP contribution is -2.46. The van der Waals surface area contributed by atoms with Gasteiger partial charge in [0.2, 0.25) is 0 Å². The van der Waals surface area contributed by atoms with Gasteiger partial charge in [-0.15, -0.1) is 0 Å². The number of rotatable bonds is 5. The zero-order valence-electron chi connectivity index (χ0n) is 13.9. The summed E-state index contributed by atoms with van der Waals surface area (Å²) in [4.78, 5) is 19.2. The van der Waals surface area contributed by atoms with Crippen LogP contribution in [-0.4, -0.2) is 62.5 Å². The zero-order valence-corrected chi connectivity index (χ0v) is 13.9. The Morgan fingerprint density at radius 1 is 1.33 bits per heavy atom. The fourth-order valence-electron chi connectivity index (χ4n) is 3.19. The molecular weight excluding hydrogens is 306 g/mol. The summed E-state index contributed by atoms with van der Waals surface area (Å²) in [7, 11) is 0. The van der Waals surface area contributed by atoms with Crippen molar-refractivity contribution in [2.45, 2.75) is 18.9 Å². The Morgan fingerprint density at radius 3 is 2.92 bits per heavy atom. The van der Waals surface area contributed by atoms with E-state index in [4.69, 9.17) is 9.57 Å².